The second-order valence-electron chi connectivity index (χ2n) is 11.4. The minimum Gasteiger partial charge on any atom is -0.444 e. The van der Waals surface area contributed by atoms with Crippen molar-refractivity contribution in [3.63, 3.8) is 0 Å². The molecule has 0 aliphatic carbocycles. The monoisotopic (exact) mass is 553 g/mol. The Morgan fingerprint density at radius 1 is 1.15 bits per heavy atom. The molecule has 4 N–H and O–H groups in total. The van der Waals surface area contributed by atoms with Crippen molar-refractivity contribution in [2.24, 2.45) is 5.73 Å². The van der Waals surface area contributed by atoms with Gasteiger partial charge < -0.3 is 35.6 Å². The van der Waals surface area contributed by atoms with Crippen LogP contribution in [0.4, 0.5) is 22.2 Å². The van der Waals surface area contributed by atoms with Gasteiger partial charge in [0.15, 0.2) is 0 Å². The van der Waals surface area contributed by atoms with Gasteiger partial charge in [-0.25, -0.2) is 9.78 Å². The molecule has 2 aliphatic rings. The number of morpholine rings is 1. The Morgan fingerprint density at radius 2 is 1.88 bits per heavy atom. The summed E-state index contributed by atoms with van der Waals surface area (Å²) in [7, 11) is 0. The predicted molar refractivity (Wildman–Crippen MR) is 151 cm³/mol. The second kappa shape index (κ2) is 12.1. The highest BCUT2D eigenvalue weighted by Crippen LogP contribution is 2.25. The Balaban J connectivity index is 1.52. The van der Waals surface area contributed by atoms with E-state index in [1.165, 1.54) is 6.20 Å². The van der Waals surface area contributed by atoms with E-state index < -0.39 is 17.6 Å². The molecule has 0 radical (unpaired) electrons. The van der Waals surface area contributed by atoms with Gasteiger partial charge >= 0.3 is 6.09 Å². The molecule has 40 heavy (non-hydrogen) atoms. The lowest BCUT2D eigenvalue weighted by molar-refractivity contribution is -0.0249. The Hall–Kier alpha value is -3.93. The first-order chi connectivity index (χ1) is 18.9. The highest BCUT2D eigenvalue weighted by atomic mass is 16.6. The van der Waals surface area contributed by atoms with E-state index in [0.717, 1.165) is 12.8 Å². The second-order valence-corrected chi connectivity index (χ2v) is 11.4. The van der Waals surface area contributed by atoms with E-state index in [1.807, 2.05) is 44.4 Å². The van der Waals surface area contributed by atoms with Crippen molar-refractivity contribution in [1.82, 2.24) is 20.2 Å². The molecule has 12 nitrogen and oxygen atoms in total. The molecule has 3 amide bonds. The summed E-state index contributed by atoms with van der Waals surface area (Å²) < 4.78 is 11.0. The first-order valence-corrected chi connectivity index (χ1v) is 13.6. The van der Waals surface area contributed by atoms with Gasteiger partial charge in [-0.2, -0.15) is 4.98 Å². The first kappa shape index (κ1) is 29.1. The maximum Gasteiger partial charge on any atom is 0.407 e. The summed E-state index contributed by atoms with van der Waals surface area (Å²) in [6, 6.07) is 6.81. The molecule has 3 atom stereocenters. The molecule has 4 rings (SSSR count). The number of aromatic nitrogens is 2. The minimum atomic E-state index is -0.680. The van der Waals surface area contributed by atoms with Crippen molar-refractivity contribution in [3.05, 3.63) is 41.6 Å². The quantitative estimate of drug-likeness (QED) is 0.490. The SMILES string of the molecule is C[C@@H]1COC[C@H](C)N1C(=O)c1cccc(Nc2nc(N3CCC[C@H](NC(=O)OC(C)(C)C)C3)ncc2C(N)=O)c1. The fraction of sp³-hybridized carbons (Fsp3) is 0.536. The first-order valence-electron chi connectivity index (χ1n) is 13.6. The number of carbonyl (C=O) groups is 3. The number of nitrogens with one attached hydrogen (secondary N) is 2. The molecule has 12 heteroatoms. The average molecular weight is 554 g/mol. The predicted octanol–water partition coefficient (Wildman–Crippen LogP) is 3.06. The van der Waals surface area contributed by atoms with Crippen molar-refractivity contribution >= 4 is 35.4 Å². The Labute approximate surface area is 234 Å². The third kappa shape index (κ3) is 7.17. The average Bonchev–Trinajstić information content (AvgIpc) is 2.87. The fourth-order valence-corrected chi connectivity index (χ4v) is 4.97. The number of rotatable bonds is 6. The minimum absolute atomic E-state index is 0.0445. The molecule has 0 spiro atoms. The summed E-state index contributed by atoms with van der Waals surface area (Å²) in [4.78, 5) is 50.6. The molecule has 2 aliphatic heterocycles. The molecule has 3 heterocycles. The van der Waals surface area contributed by atoms with Gasteiger partial charge in [0.2, 0.25) is 5.95 Å². The number of amides is 3. The highest BCUT2D eigenvalue weighted by molar-refractivity contribution is 5.99. The third-order valence-corrected chi connectivity index (χ3v) is 6.74. The van der Waals surface area contributed by atoms with E-state index in [2.05, 4.69) is 20.6 Å². The van der Waals surface area contributed by atoms with E-state index in [9.17, 15) is 14.4 Å². The number of hydrogen-bond acceptors (Lipinski definition) is 9. The number of nitrogens with two attached hydrogens (primary N) is 1. The van der Waals surface area contributed by atoms with Gasteiger partial charge in [-0.05, 0) is 65.7 Å². The molecule has 216 valence electrons. The van der Waals surface area contributed by atoms with Gasteiger partial charge in [-0.1, -0.05) is 6.07 Å². The van der Waals surface area contributed by atoms with Crippen LogP contribution in [0.15, 0.2) is 30.5 Å². The zero-order chi connectivity index (χ0) is 29.0. The molecule has 2 aromatic rings. The van der Waals surface area contributed by atoms with Crippen LogP contribution >= 0.6 is 0 Å². The number of anilines is 3. The van der Waals surface area contributed by atoms with Crippen LogP contribution < -0.4 is 21.3 Å². The number of nitrogens with zero attached hydrogens (tertiary/aromatic N) is 4. The van der Waals surface area contributed by atoms with E-state index in [1.54, 1.807) is 24.3 Å². The molecule has 0 unspecified atom stereocenters. The van der Waals surface area contributed by atoms with Gasteiger partial charge in [-0.3, -0.25) is 9.59 Å². The summed E-state index contributed by atoms with van der Waals surface area (Å²) in [6.45, 7) is 11.5. The van der Waals surface area contributed by atoms with Gasteiger partial charge in [0.1, 0.15) is 17.0 Å². The van der Waals surface area contributed by atoms with Crippen LogP contribution in [0.5, 0.6) is 0 Å². The zero-order valence-electron chi connectivity index (χ0n) is 23.8. The number of ether oxygens (including phenoxy) is 2. The van der Waals surface area contributed by atoms with Crippen LogP contribution in [-0.2, 0) is 9.47 Å². The third-order valence-electron chi connectivity index (χ3n) is 6.74. The lowest BCUT2D eigenvalue weighted by Gasteiger charge is -2.38. The van der Waals surface area contributed by atoms with Crippen LogP contribution in [0, 0.1) is 0 Å². The summed E-state index contributed by atoms with van der Waals surface area (Å²) in [5, 5.41) is 6.08. The van der Waals surface area contributed by atoms with Crippen LogP contribution in [0.1, 0.15) is 68.2 Å². The molecule has 2 saturated heterocycles. The standard InChI is InChI=1S/C28H39N7O5/c1-17-15-39-16-18(2)35(17)25(37)19-8-6-9-20(12-19)31-24-22(23(29)36)13-30-26(33-24)34-11-7-10-21(14-34)32-27(38)40-28(3,4)5/h6,8-9,12-13,17-18,21H,7,10-11,14-16H2,1-5H3,(H2,29,36)(H,32,38)(H,30,31,33)/t17-,18+,21-/m0/s1. The largest absolute Gasteiger partial charge is 0.444 e. The molecule has 0 saturated carbocycles. The van der Waals surface area contributed by atoms with Gasteiger partial charge in [0, 0.05) is 36.6 Å². The van der Waals surface area contributed by atoms with Gasteiger partial charge in [0.25, 0.3) is 11.8 Å². The molecule has 2 fully saturated rings. The highest BCUT2D eigenvalue weighted by Gasteiger charge is 2.31. The van der Waals surface area contributed by atoms with Crippen molar-refractivity contribution in [3.8, 4) is 0 Å². The normalized spacial score (nSPS) is 21.5. The number of benzene rings is 1. The van der Waals surface area contributed by atoms with E-state index in [4.69, 9.17) is 15.2 Å². The van der Waals surface area contributed by atoms with Gasteiger partial charge in [-0.15, -0.1) is 0 Å². The molecule has 1 aromatic heterocycles. The number of hydrogen-bond donors (Lipinski definition) is 3. The topological polar surface area (TPSA) is 152 Å². The zero-order valence-corrected chi connectivity index (χ0v) is 23.8. The lowest BCUT2D eigenvalue weighted by atomic mass is 10.1. The molecule has 1 aromatic carbocycles. The van der Waals surface area contributed by atoms with Crippen LogP contribution in [0.2, 0.25) is 0 Å². The number of carbonyl (C=O) groups excluding carboxylic acids is 3. The van der Waals surface area contributed by atoms with Gasteiger partial charge in [0.05, 0.1) is 25.3 Å². The number of primary amides is 1. The summed E-state index contributed by atoms with van der Waals surface area (Å²) in [5.41, 5.74) is 6.24. The molecule has 0 bridgehead atoms. The lowest BCUT2D eigenvalue weighted by Crippen LogP contribution is -2.52. The fourth-order valence-electron chi connectivity index (χ4n) is 4.97. The van der Waals surface area contributed by atoms with Crippen molar-refractivity contribution in [2.75, 3.05) is 36.5 Å². The van der Waals surface area contributed by atoms with Crippen LogP contribution in [0.3, 0.4) is 0 Å². The van der Waals surface area contributed by atoms with Crippen molar-refractivity contribution in [1.29, 1.82) is 0 Å². The summed E-state index contributed by atoms with van der Waals surface area (Å²) >= 11 is 0. The Bertz CT molecular complexity index is 1240. The smallest absolute Gasteiger partial charge is 0.407 e. The van der Waals surface area contributed by atoms with Crippen LogP contribution in [0.25, 0.3) is 0 Å². The van der Waals surface area contributed by atoms with Crippen molar-refractivity contribution in [2.45, 2.75) is 71.2 Å². The molecular weight excluding hydrogens is 514 g/mol. The summed E-state index contributed by atoms with van der Waals surface area (Å²) in [5.74, 6) is -0.147. The maximum absolute atomic E-state index is 13.3. The van der Waals surface area contributed by atoms with E-state index >= 15 is 0 Å². The maximum atomic E-state index is 13.3. The molecular formula is C28H39N7O5. The Morgan fingerprint density at radius 3 is 2.55 bits per heavy atom. The number of piperidine rings is 1. The van der Waals surface area contributed by atoms with E-state index in [-0.39, 0.29) is 35.4 Å². The van der Waals surface area contributed by atoms with Crippen molar-refractivity contribution < 1.29 is 23.9 Å². The Kier molecular flexibility index (Phi) is 8.77. The number of alkyl carbamates (subject to hydrolysis) is 1. The van der Waals surface area contributed by atoms with Crippen LogP contribution in [-0.4, -0.2) is 82.8 Å². The van der Waals surface area contributed by atoms with E-state index in [0.29, 0.717) is 43.5 Å². The summed E-state index contributed by atoms with van der Waals surface area (Å²) in [6.07, 6.45) is 2.53.